The maximum Gasteiger partial charge on any atom is 0.291 e. The lowest BCUT2D eigenvalue weighted by molar-refractivity contribution is -0.133. The number of likely N-dealkylation sites (tertiary alicyclic amines) is 1. The average Bonchev–Trinajstić information content (AvgIpc) is 3.90. The first kappa shape index (κ1) is 35.9. The number of halogens is 2. The van der Waals surface area contributed by atoms with Crippen LogP contribution in [0.4, 0.5) is 5.69 Å². The monoisotopic (exact) mass is 744 g/mol. The number of nitrogens with zero attached hydrogens (tertiary/aromatic N) is 5. The van der Waals surface area contributed by atoms with E-state index in [-0.39, 0.29) is 23.7 Å². The van der Waals surface area contributed by atoms with Gasteiger partial charge in [0.15, 0.2) is 5.82 Å². The molecule has 1 unspecified atom stereocenters. The van der Waals surface area contributed by atoms with E-state index in [1.54, 1.807) is 30.0 Å². The smallest absolute Gasteiger partial charge is 0.291 e. The van der Waals surface area contributed by atoms with Crippen LogP contribution in [0.25, 0.3) is 22.4 Å². The second kappa shape index (κ2) is 15.6. The number of nitrogens with one attached hydrogen (secondary N) is 3. The second-order valence-corrected chi connectivity index (χ2v) is 14.3. The van der Waals surface area contributed by atoms with Gasteiger partial charge in [0.1, 0.15) is 5.75 Å². The van der Waals surface area contributed by atoms with Crippen molar-refractivity contribution in [1.82, 2.24) is 35.0 Å². The summed E-state index contributed by atoms with van der Waals surface area (Å²) in [5.74, 6) is 0.728. The molecule has 2 aromatic carbocycles. The third-order valence-corrected chi connectivity index (χ3v) is 10.9. The highest BCUT2D eigenvalue weighted by atomic mass is 35.5. The van der Waals surface area contributed by atoms with Crippen LogP contribution >= 0.6 is 23.2 Å². The molecule has 3 N–H and O–H groups in total. The third-order valence-electron chi connectivity index (χ3n) is 10.1. The Morgan fingerprint density at radius 1 is 1.04 bits per heavy atom. The Morgan fingerprint density at radius 3 is 2.62 bits per heavy atom. The Hall–Kier alpha value is -4.49. The molecule has 272 valence electrons. The van der Waals surface area contributed by atoms with Crippen LogP contribution < -0.4 is 20.7 Å². The summed E-state index contributed by atoms with van der Waals surface area (Å²) in [6.45, 7) is 4.58. The van der Waals surface area contributed by atoms with Crippen LogP contribution in [0.3, 0.4) is 0 Å². The summed E-state index contributed by atoms with van der Waals surface area (Å²) >= 11 is 14.0. The molecule has 1 atom stereocenters. The number of fused-ring (bicyclic) bond motifs is 1. The second-order valence-electron chi connectivity index (χ2n) is 13.5. The largest absolute Gasteiger partial charge is 0.496 e. The minimum atomic E-state index is -0.401. The third kappa shape index (κ3) is 7.52. The number of methoxy groups -OCH3 is 1. The number of pyridine rings is 1. The lowest BCUT2D eigenvalue weighted by Gasteiger charge is -2.28. The SMILES string of the molecule is COc1cc(-c2nccc(-c3cccc(NC(=O)c4nc5c(n4C)CCN(C(=O)CN4CCCC4)C5)c3Cl)c2Cl)ccc1CNCC1CCC(=O)N1. The standard InChI is InChI=1S/C38H42Cl2N8O4/c1-46-30-13-17-48(33(50)22-47-15-3-4-16-47)21-29(30)44-37(46)38(51)45-28-7-5-6-26(34(28)39)27-12-14-42-36(35(27)40)23-8-9-24(31(18-23)52-2)19-41-20-25-10-11-32(49)43-25/h5-9,12,14,18,25,41H,3-4,10-11,13,15-17,19-22H2,1-2H3,(H,43,49)(H,45,51). The number of carbonyl (C=O) groups excluding carboxylic acids is 3. The van der Waals surface area contributed by atoms with Gasteiger partial charge in [-0.2, -0.15) is 0 Å². The number of imidazole rings is 1. The predicted molar refractivity (Wildman–Crippen MR) is 201 cm³/mol. The zero-order valence-electron chi connectivity index (χ0n) is 29.3. The van der Waals surface area contributed by atoms with Crippen molar-refractivity contribution in [2.75, 3.05) is 45.2 Å². The molecule has 4 aromatic rings. The Kier molecular flexibility index (Phi) is 10.8. The molecule has 0 aliphatic carbocycles. The van der Waals surface area contributed by atoms with Gasteiger partial charge in [0.25, 0.3) is 5.91 Å². The van der Waals surface area contributed by atoms with Crippen molar-refractivity contribution in [3.63, 3.8) is 0 Å². The summed E-state index contributed by atoms with van der Waals surface area (Å²) in [5.41, 5.74) is 5.68. The summed E-state index contributed by atoms with van der Waals surface area (Å²) < 4.78 is 7.52. The number of benzene rings is 2. The fraction of sp³-hybridized carbons (Fsp3) is 0.395. The Labute approximate surface area is 312 Å². The zero-order valence-corrected chi connectivity index (χ0v) is 30.8. The van der Waals surface area contributed by atoms with Gasteiger partial charge in [0, 0.05) is 79.7 Å². The van der Waals surface area contributed by atoms with Gasteiger partial charge in [-0.15, -0.1) is 0 Å². The molecule has 7 rings (SSSR count). The van der Waals surface area contributed by atoms with Crippen LogP contribution in [-0.2, 0) is 36.1 Å². The van der Waals surface area contributed by atoms with E-state index in [1.165, 1.54) is 0 Å². The van der Waals surface area contributed by atoms with E-state index in [1.807, 2.05) is 42.3 Å². The van der Waals surface area contributed by atoms with Crippen molar-refractivity contribution >= 4 is 46.6 Å². The summed E-state index contributed by atoms with van der Waals surface area (Å²) in [5, 5.41) is 10.1. The van der Waals surface area contributed by atoms with Crippen LogP contribution in [0, 0.1) is 0 Å². The highest BCUT2D eigenvalue weighted by molar-refractivity contribution is 6.39. The number of rotatable bonds is 11. The molecule has 0 bridgehead atoms. The minimum absolute atomic E-state index is 0.0936. The van der Waals surface area contributed by atoms with Crippen LogP contribution in [-0.4, -0.2) is 87.9 Å². The topological polar surface area (TPSA) is 134 Å². The molecule has 2 aromatic heterocycles. The van der Waals surface area contributed by atoms with Crippen LogP contribution in [0.5, 0.6) is 5.75 Å². The van der Waals surface area contributed by atoms with Crippen LogP contribution in [0.1, 0.15) is 53.3 Å². The van der Waals surface area contributed by atoms with Crippen molar-refractivity contribution in [3.05, 3.63) is 81.5 Å². The lowest BCUT2D eigenvalue weighted by Crippen LogP contribution is -2.42. The van der Waals surface area contributed by atoms with Crippen molar-refractivity contribution in [3.8, 4) is 28.1 Å². The van der Waals surface area contributed by atoms with Crippen molar-refractivity contribution < 1.29 is 19.1 Å². The highest BCUT2D eigenvalue weighted by Crippen LogP contribution is 2.41. The van der Waals surface area contributed by atoms with E-state index in [0.717, 1.165) is 54.9 Å². The molecule has 0 radical (unpaired) electrons. The number of aromatic nitrogens is 3. The maximum absolute atomic E-state index is 13.6. The first-order chi connectivity index (χ1) is 25.2. The fourth-order valence-corrected chi connectivity index (χ4v) is 7.89. The molecule has 2 saturated heterocycles. The van der Waals surface area contributed by atoms with Gasteiger partial charge in [-0.25, -0.2) is 4.98 Å². The zero-order chi connectivity index (χ0) is 36.4. The maximum atomic E-state index is 13.6. The molecular formula is C38H42Cl2N8O4. The molecule has 14 heteroatoms. The minimum Gasteiger partial charge on any atom is -0.496 e. The fourth-order valence-electron chi connectivity index (χ4n) is 7.29. The number of carbonyl (C=O) groups is 3. The molecule has 3 aliphatic heterocycles. The number of anilines is 1. The number of amides is 3. The van der Waals surface area contributed by atoms with Crippen molar-refractivity contribution in [2.45, 2.75) is 51.2 Å². The summed E-state index contributed by atoms with van der Waals surface area (Å²) in [7, 11) is 3.45. The molecule has 5 heterocycles. The molecule has 12 nitrogen and oxygen atoms in total. The summed E-state index contributed by atoms with van der Waals surface area (Å²) in [6, 6.07) is 13.1. The quantitative estimate of drug-likeness (QED) is 0.194. The molecule has 0 spiro atoms. The van der Waals surface area contributed by atoms with Crippen LogP contribution in [0.15, 0.2) is 48.7 Å². The number of ether oxygens (including phenoxy) is 1. The average molecular weight is 746 g/mol. The van der Waals surface area contributed by atoms with Gasteiger partial charge in [0.05, 0.1) is 47.3 Å². The molecule has 3 aliphatic rings. The van der Waals surface area contributed by atoms with E-state index in [0.29, 0.717) is 83.9 Å². The van der Waals surface area contributed by atoms with Gasteiger partial charge in [-0.1, -0.05) is 47.5 Å². The molecule has 2 fully saturated rings. The summed E-state index contributed by atoms with van der Waals surface area (Å²) in [4.78, 5) is 51.4. The lowest BCUT2D eigenvalue weighted by atomic mass is 10.0. The van der Waals surface area contributed by atoms with Gasteiger partial charge in [-0.05, 0) is 50.6 Å². The predicted octanol–water partition coefficient (Wildman–Crippen LogP) is 5.07. The molecule has 0 saturated carbocycles. The number of hydrogen-bond donors (Lipinski definition) is 3. The van der Waals surface area contributed by atoms with E-state index >= 15 is 0 Å². The first-order valence-electron chi connectivity index (χ1n) is 17.7. The van der Waals surface area contributed by atoms with E-state index < -0.39 is 5.91 Å². The van der Waals surface area contributed by atoms with Crippen molar-refractivity contribution in [2.24, 2.45) is 7.05 Å². The Bertz CT molecular complexity index is 2010. The first-order valence-corrected chi connectivity index (χ1v) is 18.4. The van der Waals surface area contributed by atoms with Gasteiger partial charge < -0.3 is 30.2 Å². The van der Waals surface area contributed by atoms with Gasteiger partial charge >= 0.3 is 0 Å². The molecule has 3 amide bonds. The van der Waals surface area contributed by atoms with E-state index in [9.17, 15) is 14.4 Å². The van der Waals surface area contributed by atoms with Crippen molar-refractivity contribution in [1.29, 1.82) is 0 Å². The Balaban J connectivity index is 1.06. The van der Waals surface area contributed by atoms with E-state index in [2.05, 4.69) is 30.8 Å². The highest BCUT2D eigenvalue weighted by Gasteiger charge is 2.29. The normalized spacial score (nSPS) is 17.3. The van der Waals surface area contributed by atoms with Crippen LogP contribution in [0.2, 0.25) is 10.0 Å². The summed E-state index contributed by atoms with van der Waals surface area (Å²) in [6.07, 6.45) is 5.96. The Morgan fingerprint density at radius 2 is 1.85 bits per heavy atom. The van der Waals surface area contributed by atoms with Gasteiger partial charge in [-0.3, -0.25) is 24.3 Å². The molecular weight excluding hydrogens is 703 g/mol. The van der Waals surface area contributed by atoms with Gasteiger partial charge in [0.2, 0.25) is 11.8 Å². The molecule has 52 heavy (non-hydrogen) atoms. The van der Waals surface area contributed by atoms with E-state index in [4.69, 9.17) is 27.9 Å². The number of hydrogen-bond acceptors (Lipinski definition) is 8.